The van der Waals surface area contributed by atoms with Gasteiger partial charge in [-0.15, -0.1) is 0 Å². The smallest absolute Gasteiger partial charge is 0.168 e. The zero-order valence-corrected chi connectivity index (χ0v) is 18.1. The molecule has 6 heteroatoms. The predicted octanol–water partition coefficient (Wildman–Crippen LogP) is 4.73. The quantitative estimate of drug-likeness (QED) is 0.452. The molecule has 1 fully saturated rings. The molecule has 1 aliphatic rings. The molecule has 1 aliphatic heterocycles. The molecular formula is C26H26N4O2. The summed E-state index contributed by atoms with van der Waals surface area (Å²) in [6.07, 6.45) is 7.22. The van der Waals surface area contributed by atoms with Crippen LogP contribution in [0.15, 0.2) is 67.1 Å². The molecule has 0 radical (unpaired) electrons. The number of ether oxygens (including phenoxy) is 1. The predicted molar refractivity (Wildman–Crippen MR) is 125 cm³/mol. The Morgan fingerprint density at radius 3 is 2.88 bits per heavy atom. The van der Waals surface area contributed by atoms with Gasteiger partial charge in [-0.1, -0.05) is 18.2 Å². The van der Waals surface area contributed by atoms with E-state index in [4.69, 9.17) is 4.74 Å². The number of methoxy groups -OCH3 is 1. The number of benzene rings is 2. The van der Waals surface area contributed by atoms with E-state index >= 15 is 0 Å². The molecule has 0 aliphatic carbocycles. The van der Waals surface area contributed by atoms with E-state index in [0.717, 1.165) is 65.8 Å². The lowest BCUT2D eigenvalue weighted by Crippen LogP contribution is -2.38. The molecule has 2 aromatic carbocycles. The lowest BCUT2D eigenvalue weighted by molar-refractivity contribution is 0.0811. The molecule has 0 bridgehead atoms. The monoisotopic (exact) mass is 426 g/mol. The third kappa shape index (κ3) is 4.14. The maximum Gasteiger partial charge on any atom is 0.168 e. The van der Waals surface area contributed by atoms with E-state index in [1.54, 1.807) is 19.5 Å². The molecule has 0 saturated carbocycles. The summed E-state index contributed by atoms with van der Waals surface area (Å²) in [7, 11) is 1.68. The Morgan fingerprint density at radius 1 is 1.16 bits per heavy atom. The molecule has 32 heavy (non-hydrogen) atoms. The number of aromatic nitrogens is 3. The van der Waals surface area contributed by atoms with Crippen molar-refractivity contribution in [1.82, 2.24) is 20.1 Å². The van der Waals surface area contributed by atoms with Gasteiger partial charge in [-0.3, -0.25) is 19.8 Å². The average molecular weight is 427 g/mol. The largest absolute Gasteiger partial charge is 0.497 e. The highest BCUT2D eigenvalue weighted by Crippen LogP contribution is 2.29. The Bertz CT molecular complexity index is 1240. The number of Topliss-reactive ketones (excluding diaryl/α,β-unsaturated/α-hetero) is 1. The summed E-state index contributed by atoms with van der Waals surface area (Å²) in [6.45, 7) is 2.51. The van der Waals surface area contributed by atoms with Gasteiger partial charge < -0.3 is 4.74 Å². The third-order valence-electron chi connectivity index (χ3n) is 6.27. The number of nitrogens with zero attached hydrogens (tertiary/aromatic N) is 3. The maximum atomic E-state index is 12.9. The van der Waals surface area contributed by atoms with Crippen LogP contribution >= 0.6 is 0 Å². The summed E-state index contributed by atoms with van der Waals surface area (Å²) >= 11 is 0. The minimum Gasteiger partial charge on any atom is -0.497 e. The van der Waals surface area contributed by atoms with Crippen molar-refractivity contribution in [3.63, 3.8) is 0 Å². The minimum atomic E-state index is 0.0129. The van der Waals surface area contributed by atoms with Gasteiger partial charge in [0.1, 0.15) is 5.75 Å². The van der Waals surface area contributed by atoms with Crippen LogP contribution in [0.4, 0.5) is 0 Å². The van der Waals surface area contributed by atoms with E-state index in [0.29, 0.717) is 5.56 Å². The van der Waals surface area contributed by atoms with Crippen molar-refractivity contribution in [2.45, 2.75) is 19.4 Å². The van der Waals surface area contributed by atoms with E-state index in [1.807, 2.05) is 30.5 Å². The number of aromatic amines is 1. The van der Waals surface area contributed by atoms with Crippen LogP contribution in [0.2, 0.25) is 0 Å². The Balaban J connectivity index is 1.34. The van der Waals surface area contributed by atoms with Gasteiger partial charge in [-0.2, -0.15) is 5.10 Å². The molecule has 3 heterocycles. The molecule has 0 spiro atoms. The lowest BCUT2D eigenvalue weighted by Gasteiger charge is -2.31. The van der Waals surface area contributed by atoms with Crippen LogP contribution in [0, 0.1) is 5.92 Å². The van der Waals surface area contributed by atoms with Crippen molar-refractivity contribution in [1.29, 1.82) is 0 Å². The van der Waals surface area contributed by atoms with Gasteiger partial charge in [-0.05, 0) is 60.5 Å². The number of hydrogen-bond donors (Lipinski definition) is 1. The number of fused-ring (bicyclic) bond motifs is 1. The maximum absolute atomic E-state index is 12.9. The summed E-state index contributed by atoms with van der Waals surface area (Å²) in [4.78, 5) is 19.4. The number of likely N-dealkylation sites (tertiary alicyclic amines) is 1. The second-order valence-electron chi connectivity index (χ2n) is 8.38. The first-order valence-electron chi connectivity index (χ1n) is 11.0. The summed E-state index contributed by atoms with van der Waals surface area (Å²) in [5.41, 5.74) is 3.99. The van der Waals surface area contributed by atoms with E-state index in [2.05, 4.69) is 44.3 Å². The SMILES string of the molecule is COc1ccc2cc(-c3[nH]ncc3CN3CCC[C@@H](C(=O)c4cccnc4)C3)ccc2c1. The van der Waals surface area contributed by atoms with Gasteiger partial charge in [-0.25, -0.2) is 0 Å². The topological polar surface area (TPSA) is 71.1 Å². The van der Waals surface area contributed by atoms with Gasteiger partial charge in [0.15, 0.2) is 5.78 Å². The Hall–Kier alpha value is -3.51. The number of piperidine rings is 1. The molecule has 162 valence electrons. The van der Waals surface area contributed by atoms with Crippen LogP contribution in [0.25, 0.3) is 22.0 Å². The average Bonchev–Trinajstić information content (AvgIpc) is 3.31. The van der Waals surface area contributed by atoms with Gasteiger partial charge in [0, 0.05) is 48.1 Å². The van der Waals surface area contributed by atoms with Crippen molar-refractivity contribution in [2.75, 3.05) is 20.2 Å². The zero-order valence-electron chi connectivity index (χ0n) is 18.1. The molecule has 5 rings (SSSR count). The first kappa shape index (κ1) is 20.4. The first-order valence-corrected chi connectivity index (χ1v) is 11.0. The second-order valence-corrected chi connectivity index (χ2v) is 8.38. The van der Waals surface area contributed by atoms with Crippen molar-refractivity contribution in [3.8, 4) is 17.0 Å². The number of carbonyl (C=O) groups excluding carboxylic acids is 1. The molecule has 1 saturated heterocycles. The fourth-order valence-corrected chi connectivity index (χ4v) is 4.59. The van der Waals surface area contributed by atoms with Crippen LogP contribution in [0.1, 0.15) is 28.8 Å². The highest BCUT2D eigenvalue weighted by Gasteiger charge is 2.27. The van der Waals surface area contributed by atoms with Crippen LogP contribution in [-0.2, 0) is 6.54 Å². The van der Waals surface area contributed by atoms with Crippen molar-refractivity contribution < 1.29 is 9.53 Å². The Labute approximate surface area is 187 Å². The molecule has 4 aromatic rings. The van der Waals surface area contributed by atoms with Crippen molar-refractivity contribution in [3.05, 3.63) is 78.2 Å². The summed E-state index contributed by atoms with van der Waals surface area (Å²) < 4.78 is 5.33. The van der Waals surface area contributed by atoms with E-state index in [9.17, 15) is 4.79 Å². The fourth-order valence-electron chi connectivity index (χ4n) is 4.59. The highest BCUT2D eigenvalue weighted by molar-refractivity contribution is 5.97. The number of carbonyl (C=O) groups is 1. The van der Waals surface area contributed by atoms with E-state index in [1.165, 1.54) is 0 Å². The molecule has 2 aromatic heterocycles. The molecule has 0 unspecified atom stereocenters. The first-order chi connectivity index (χ1) is 15.7. The molecule has 1 N–H and O–H groups in total. The molecule has 1 atom stereocenters. The normalized spacial score (nSPS) is 16.8. The zero-order chi connectivity index (χ0) is 21.9. The minimum absolute atomic E-state index is 0.0129. The number of ketones is 1. The number of nitrogens with one attached hydrogen (secondary N) is 1. The summed E-state index contributed by atoms with van der Waals surface area (Å²) in [5, 5.41) is 9.81. The van der Waals surface area contributed by atoms with Gasteiger partial charge >= 0.3 is 0 Å². The van der Waals surface area contributed by atoms with Crippen LogP contribution in [0.3, 0.4) is 0 Å². The van der Waals surface area contributed by atoms with E-state index in [-0.39, 0.29) is 11.7 Å². The lowest BCUT2D eigenvalue weighted by atomic mass is 9.90. The van der Waals surface area contributed by atoms with Gasteiger partial charge in [0.05, 0.1) is 19.0 Å². The number of rotatable bonds is 6. The van der Waals surface area contributed by atoms with Crippen LogP contribution in [-0.4, -0.2) is 46.1 Å². The van der Waals surface area contributed by atoms with E-state index < -0.39 is 0 Å². The Kier molecular flexibility index (Phi) is 5.69. The third-order valence-corrected chi connectivity index (χ3v) is 6.27. The number of H-pyrrole nitrogens is 1. The fraction of sp³-hybridized carbons (Fsp3) is 0.269. The standard InChI is InChI=1S/C26H26N4O2/c1-32-24-9-8-18-12-20(7-6-19(18)13-24)25-23(15-28-29-25)17-30-11-3-5-22(16-30)26(31)21-4-2-10-27-14-21/h2,4,6-10,12-15,22H,3,5,11,16-17H2,1H3,(H,28,29)/t22-/m1/s1. The van der Waals surface area contributed by atoms with Gasteiger partial charge in [0.25, 0.3) is 0 Å². The molecule has 0 amide bonds. The molecule has 6 nitrogen and oxygen atoms in total. The van der Waals surface area contributed by atoms with Crippen molar-refractivity contribution in [2.24, 2.45) is 5.92 Å². The highest BCUT2D eigenvalue weighted by atomic mass is 16.5. The van der Waals surface area contributed by atoms with Gasteiger partial charge in [0.2, 0.25) is 0 Å². The number of hydrogen-bond acceptors (Lipinski definition) is 5. The summed E-state index contributed by atoms with van der Waals surface area (Å²) in [5.74, 6) is 1.06. The number of pyridine rings is 1. The summed E-state index contributed by atoms with van der Waals surface area (Å²) in [6, 6.07) is 16.2. The van der Waals surface area contributed by atoms with Crippen LogP contribution < -0.4 is 4.74 Å². The molecular weight excluding hydrogens is 400 g/mol. The van der Waals surface area contributed by atoms with Crippen LogP contribution in [0.5, 0.6) is 5.75 Å². The Morgan fingerprint density at radius 2 is 2.03 bits per heavy atom. The second kappa shape index (κ2) is 8.93. The van der Waals surface area contributed by atoms with Crippen molar-refractivity contribution >= 4 is 16.6 Å².